The molecule has 3 rings (SSSR count). The molecule has 0 aliphatic heterocycles. The normalized spacial score (nSPS) is 27.7. The van der Waals surface area contributed by atoms with Crippen LogP contribution in [0.15, 0.2) is 42.5 Å². The van der Waals surface area contributed by atoms with Crippen molar-refractivity contribution in [3.8, 4) is 0 Å². The van der Waals surface area contributed by atoms with Gasteiger partial charge in [0.25, 0.3) is 0 Å². The summed E-state index contributed by atoms with van der Waals surface area (Å²) in [6.07, 6.45) is 0.966. The van der Waals surface area contributed by atoms with E-state index in [4.69, 9.17) is 5.73 Å². The first-order valence-corrected chi connectivity index (χ1v) is 6.62. The summed E-state index contributed by atoms with van der Waals surface area (Å²) < 4.78 is 0. The highest BCUT2D eigenvalue weighted by atomic mass is 16.3. The fourth-order valence-corrected chi connectivity index (χ4v) is 2.88. The molecular formula is C16H17NO2. The lowest BCUT2D eigenvalue weighted by Crippen LogP contribution is -2.52. The van der Waals surface area contributed by atoms with Crippen molar-refractivity contribution in [1.82, 2.24) is 0 Å². The molecule has 2 unspecified atom stereocenters. The predicted molar refractivity (Wildman–Crippen MR) is 74.7 cm³/mol. The van der Waals surface area contributed by atoms with Crippen LogP contribution in [-0.2, 0) is 10.3 Å². The highest BCUT2D eigenvalue weighted by Gasteiger charge is 2.42. The van der Waals surface area contributed by atoms with Crippen LogP contribution in [0.2, 0.25) is 0 Å². The number of aliphatic hydroxyl groups excluding tert-OH is 1. The molecule has 0 heterocycles. The molecule has 1 fully saturated rings. The summed E-state index contributed by atoms with van der Waals surface area (Å²) in [6, 6.07) is 13.8. The molecule has 0 bridgehead atoms. The van der Waals surface area contributed by atoms with Gasteiger partial charge in [-0.2, -0.15) is 0 Å². The molecule has 0 aromatic heterocycles. The van der Waals surface area contributed by atoms with Gasteiger partial charge in [-0.3, -0.25) is 4.79 Å². The van der Waals surface area contributed by atoms with Crippen LogP contribution < -0.4 is 5.73 Å². The van der Waals surface area contributed by atoms with E-state index in [9.17, 15) is 9.90 Å². The number of nitrogens with two attached hydrogens (primary N) is 1. The standard InChI is InChI=1S/C16H17NO2/c17-16(9-3-6-14(18)15(16)19)13-8-7-11-4-1-2-5-12(11)10-13/h1-2,4-5,7-8,10,14,18H,3,6,9,17H2. The van der Waals surface area contributed by atoms with E-state index in [2.05, 4.69) is 0 Å². The molecule has 1 aliphatic carbocycles. The van der Waals surface area contributed by atoms with Crippen molar-refractivity contribution in [1.29, 1.82) is 0 Å². The van der Waals surface area contributed by atoms with Crippen LogP contribution >= 0.6 is 0 Å². The van der Waals surface area contributed by atoms with Crippen LogP contribution in [0.3, 0.4) is 0 Å². The minimum Gasteiger partial charge on any atom is -0.385 e. The van der Waals surface area contributed by atoms with Crippen LogP contribution in [0.1, 0.15) is 24.8 Å². The minimum absolute atomic E-state index is 0.256. The molecule has 3 N–H and O–H groups in total. The molecular weight excluding hydrogens is 238 g/mol. The third kappa shape index (κ3) is 1.95. The Kier molecular flexibility index (Phi) is 2.88. The number of fused-ring (bicyclic) bond motifs is 1. The Hall–Kier alpha value is -1.71. The van der Waals surface area contributed by atoms with E-state index < -0.39 is 11.6 Å². The molecule has 1 aliphatic rings. The number of Topliss-reactive ketones (excluding diaryl/α,β-unsaturated/α-hetero) is 1. The topological polar surface area (TPSA) is 63.3 Å². The number of ketones is 1. The van der Waals surface area contributed by atoms with Gasteiger partial charge in [-0.1, -0.05) is 36.4 Å². The molecule has 98 valence electrons. The van der Waals surface area contributed by atoms with Crippen molar-refractivity contribution in [2.24, 2.45) is 5.73 Å². The van der Waals surface area contributed by atoms with Crippen LogP contribution in [0.25, 0.3) is 10.8 Å². The lowest BCUT2D eigenvalue weighted by molar-refractivity contribution is -0.136. The Balaban J connectivity index is 2.10. The monoisotopic (exact) mass is 255 g/mol. The summed E-state index contributed by atoms with van der Waals surface area (Å²) in [4.78, 5) is 12.2. The Morgan fingerprint density at radius 1 is 1.16 bits per heavy atom. The second-order valence-corrected chi connectivity index (χ2v) is 5.31. The first-order chi connectivity index (χ1) is 9.11. The predicted octanol–water partition coefficient (Wildman–Crippen LogP) is 2.11. The summed E-state index contributed by atoms with van der Waals surface area (Å²) in [5.41, 5.74) is 6.06. The minimum atomic E-state index is -1.04. The number of carbonyl (C=O) groups is 1. The quantitative estimate of drug-likeness (QED) is 0.820. The first kappa shape index (κ1) is 12.3. The fraction of sp³-hybridized carbons (Fsp3) is 0.312. The lowest BCUT2D eigenvalue weighted by atomic mass is 9.75. The Morgan fingerprint density at radius 2 is 1.89 bits per heavy atom. The number of rotatable bonds is 1. The summed E-state index contributed by atoms with van der Waals surface area (Å²) >= 11 is 0. The van der Waals surface area contributed by atoms with Crippen molar-refractivity contribution in [2.45, 2.75) is 30.9 Å². The van der Waals surface area contributed by atoms with E-state index in [1.54, 1.807) is 0 Å². The van der Waals surface area contributed by atoms with Crippen LogP contribution in [-0.4, -0.2) is 17.0 Å². The number of aliphatic hydroxyl groups is 1. The van der Waals surface area contributed by atoms with E-state index in [0.717, 1.165) is 22.8 Å². The van der Waals surface area contributed by atoms with Crippen molar-refractivity contribution in [3.05, 3.63) is 48.0 Å². The average molecular weight is 255 g/mol. The highest BCUT2D eigenvalue weighted by molar-refractivity contribution is 5.95. The van der Waals surface area contributed by atoms with Crippen molar-refractivity contribution in [3.63, 3.8) is 0 Å². The van der Waals surface area contributed by atoms with Gasteiger partial charge in [-0.05, 0) is 41.7 Å². The summed E-state index contributed by atoms with van der Waals surface area (Å²) in [5.74, 6) is -0.256. The molecule has 1 saturated carbocycles. The molecule has 2 atom stereocenters. The number of hydrogen-bond acceptors (Lipinski definition) is 3. The zero-order valence-corrected chi connectivity index (χ0v) is 10.7. The number of carbonyl (C=O) groups excluding carboxylic acids is 1. The highest BCUT2D eigenvalue weighted by Crippen LogP contribution is 2.33. The SMILES string of the molecule is NC1(c2ccc3ccccc3c2)CCCC(O)C1=O. The smallest absolute Gasteiger partial charge is 0.185 e. The third-order valence-corrected chi connectivity index (χ3v) is 4.06. The van der Waals surface area contributed by atoms with Gasteiger partial charge in [0.15, 0.2) is 5.78 Å². The van der Waals surface area contributed by atoms with Gasteiger partial charge < -0.3 is 10.8 Å². The van der Waals surface area contributed by atoms with Crippen LogP contribution in [0.4, 0.5) is 0 Å². The molecule has 0 spiro atoms. The maximum Gasteiger partial charge on any atom is 0.185 e. The molecule has 0 radical (unpaired) electrons. The van der Waals surface area contributed by atoms with Crippen LogP contribution in [0, 0.1) is 0 Å². The van der Waals surface area contributed by atoms with Crippen LogP contribution in [0.5, 0.6) is 0 Å². The van der Waals surface area contributed by atoms with Gasteiger partial charge in [0.05, 0.1) is 0 Å². The lowest BCUT2D eigenvalue weighted by Gasteiger charge is -2.34. The van der Waals surface area contributed by atoms with Gasteiger partial charge in [-0.15, -0.1) is 0 Å². The molecule has 2 aromatic carbocycles. The molecule has 3 heteroatoms. The number of benzene rings is 2. The van der Waals surface area contributed by atoms with Gasteiger partial charge in [0.2, 0.25) is 0 Å². The van der Waals surface area contributed by atoms with Gasteiger partial charge >= 0.3 is 0 Å². The Labute approximate surface area is 112 Å². The molecule has 3 nitrogen and oxygen atoms in total. The van der Waals surface area contributed by atoms with Crippen molar-refractivity contribution < 1.29 is 9.90 Å². The Bertz CT molecular complexity index is 637. The zero-order valence-electron chi connectivity index (χ0n) is 10.7. The van der Waals surface area contributed by atoms with Crippen molar-refractivity contribution in [2.75, 3.05) is 0 Å². The average Bonchev–Trinajstić information content (AvgIpc) is 2.44. The molecule has 19 heavy (non-hydrogen) atoms. The van der Waals surface area contributed by atoms with E-state index in [-0.39, 0.29) is 5.78 Å². The van der Waals surface area contributed by atoms with Gasteiger partial charge in [0.1, 0.15) is 11.6 Å². The zero-order chi connectivity index (χ0) is 13.5. The third-order valence-electron chi connectivity index (χ3n) is 4.06. The van der Waals surface area contributed by atoms with Gasteiger partial charge in [-0.25, -0.2) is 0 Å². The fourth-order valence-electron chi connectivity index (χ4n) is 2.88. The number of hydrogen-bond donors (Lipinski definition) is 2. The second-order valence-electron chi connectivity index (χ2n) is 5.31. The Morgan fingerprint density at radius 3 is 2.68 bits per heavy atom. The molecule has 0 saturated heterocycles. The molecule has 2 aromatic rings. The summed E-state index contributed by atoms with van der Waals surface area (Å²) in [6.45, 7) is 0. The largest absolute Gasteiger partial charge is 0.385 e. The maximum absolute atomic E-state index is 12.2. The first-order valence-electron chi connectivity index (χ1n) is 6.62. The van der Waals surface area contributed by atoms with E-state index >= 15 is 0 Å². The van der Waals surface area contributed by atoms with E-state index in [1.807, 2.05) is 42.5 Å². The van der Waals surface area contributed by atoms with E-state index in [0.29, 0.717) is 12.8 Å². The van der Waals surface area contributed by atoms with Crippen molar-refractivity contribution >= 4 is 16.6 Å². The van der Waals surface area contributed by atoms with E-state index in [1.165, 1.54) is 0 Å². The second kappa shape index (κ2) is 4.44. The summed E-state index contributed by atoms with van der Waals surface area (Å²) in [7, 11) is 0. The maximum atomic E-state index is 12.2. The summed E-state index contributed by atoms with van der Waals surface area (Å²) in [5, 5.41) is 11.9. The molecule has 0 amide bonds. The van der Waals surface area contributed by atoms with Gasteiger partial charge in [0, 0.05) is 0 Å².